The van der Waals surface area contributed by atoms with Gasteiger partial charge in [0.1, 0.15) is 5.60 Å². The molecule has 0 aliphatic heterocycles. The monoisotopic (exact) mass is 271 g/mol. The Morgan fingerprint density at radius 3 is 2.33 bits per heavy atom. The summed E-state index contributed by atoms with van der Waals surface area (Å²) in [5.41, 5.74) is -0.511. The largest absolute Gasteiger partial charge is 0.384 e. The van der Waals surface area contributed by atoms with Crippen LogP contribution in [0.2, 0.25) is 0 Å². The molecule has 2 N–H and O–H groups in total. The second kappa shape index (κ2) is 5.82. The molecule has 0 spiro atoms. The van der Waals surface area contributed by atoms with Gasteiger partial charge in [0.15, 0.2) is 0 Å². The minimum Gasteiger partial charge on any atom is -0.384 e. The van der Waals surface area contributed by atoms with Crippen LogP contribution in [0.15, 0.2) is 30.3 Å². The zero-order chi connectivity index (χ0) is 13.8. The number of hydrogen-bond acceptors (Lipinski definition) is 3. The summed E-state index contributed by atoms with van der Waals surface area (Å²) in [6, 6.07) is 9.02. The summed E-state index contributed by atoms with van der Waals surface area (Å²) in [6.45, 7) is 5.26. The van der Waals surface area contributed by atoms with Crippen LogP contribution < -0.4 is 4.72 Å². The van der Waals surface area contributed by atoms with E-state index in [4.69, 9.17) is 0 Å². The molecule has 4 nitrogen and oxygen atoms in total. The van der Waals surface area contributed by atoms with Gasteiger partial charge in [-0.2, -0.15) is 0 Å². The number of sulfonamides is 1. The summed E-state index contributed by atoms with van der Waals surface area (Å²) in [4.78, 5) is 0. The third-order valence-corrected chi connectivity index (χ3v) is 4.27. The summed E-state index contributed by atoms with van der Waals surface area (Å²) in [5, 5.41) is 10.3. The highest BCUT2D eigenvalue weighted by Crippen LogP contribution is 2.19. The Balaban J connectivity index is 2.68. The van der Waals surface area contributed by atoms with Gasteiger partial charge in [0, 0.05) is 6.54 Å². The van der Waals surface area contributed by atoms with Crippen LogP contribution in [-0.2, 0) is 15.6 Å². The first-order valence-corrected chi connectivity index (χ1v) is 7.63. The van der Waals surface area contributed by atoms with Crippen molar-refractivity contribution in [3.05, 3.63) is 35.9 Å². The van der Waals surface area contributed by atoms with Crippen molar-refractivity contribution in [1.82, 2.24) is 4.72 Å². The third kappa shape index (κ3) is 4.76. The summed E-state index contributed by atoms with van der Waals surface area (Å²) in [5.74, 6) is 0.127. The van der Waals surface area contributed by atoms with E-state index in [9.17, 15) is 13.5 Å². The fourth-order valence-corrected chi connectivity index (χ4v) is 3.14. The molecule has 1 aromatic rings. The predicted octanol–water partition coefficient (Wildman–Crippen LogP) is 1.47. The van der Waals surface area contributed by atoms with Crippen molar-refractivity contribution in [2.24, 2.45) is 5.92 Å². The van der Waals surface area contributed by atoms with Crippen molar-refractivity contribution < 1.29 is 13.5 Å². The summed E-state index contributed by atoms with van der Waals surface area (Å²) < 4.78 is 25.8. The fourth-order valence-electron chi connectivity index (χ4n) is 1.65. The van der Waals surface area contributed by atoms with E-state index in [1.165, 1.54) is 0 Å². The van der Waals surface area contributed by atoms with Crippen molar-refractivity contribution in [1.29, 1.82) is 0 Å². The molecule has 0 saturated carbocycles. The van der Waals surface area contributed by atoms with Gasteiger partial charge in [0.2, 0.25) is 10.0 Å². The molecule has 1 aromatic carbocycles. The first-order valence-electron chi connectivity index (χ1n) is 5.98. The molecule has 0 aromatic heterocycles. The summed E-state index contributed by atoms with van der Waals surface area (Å²) in [6.07, 6.45) is 0. The number of nitrogens with one attached hydrogen (secondary N) is 1. The molecule has 102 valence electrons. The van der Waals surface area contributed by atoms with Gasteiger partial charge in [-0.1, -0.05) is 44.2 Å². The van der Waals surface area contributed by atoms with E-state index in [-0.39, 0.29) is 18.2 Å². The van der Waals surface area contributed by atoms with Crippen LogP contribution in [0, 0.1) is 5.92 Å². The zero-order valence-corrected chi connectivity index (χ0v) is 11.9. The van der Waals surface area contributed by atoms with Gasteiger partial charge in [0.05, 0.1) is 5.75 Å². The molecule has 1 rings (SSSR count). The standard InChI is InChI=1S/C13H21NO3S/c1-11(2)9-18(16,17)14-10-13(3,15)12-7-5-4-6-8-12/h4-8,11,14-15H,9-10H2,1-3H3/t13-/m0/s1. The van der Waals surface area contributed by atoms with Crippen LogP contribution in [0.25, 0.3) is 0 Å². The van der Waals surface area contributed by atoms with E-state index in [1.54, 1.807) is 19.1 Å². The summed E-state index contributed by atoms with van der Waals surface area (Å²) in [7, 11) is -3.33. The van der Waals surface area contributed by atoms with Crippen LogP contribution >= 0.6 is 0 Å². The maximum Gasteiger partial charge on any atom is 0.211 e. The van der Waals surface area contributed by atoms with Crippen molar-refractivity contribution in [3.63, 3.8) is 0 Å². The molecule has 0 amide bonds. The lowest BCUT2D eigenvalue weighted by Gasteiger charge is -2.24. The van der Waals surface area contributed by atoms with Gasteiger partial charge in [-0.25, -0.2) is 13.1 Å². The smallest absolute Gasteiger partial charge is 0.211 e. The predicted molar refractivity (Wildman–Crippen MR) is 72.6 cm³/mol. The topological polar surface area (TPSA) is 66.4 Å². The number of hydrogen-bond donors (Lipinski definition) is 2. The Labute approximate surface area is 109 Å². The van der Waals surface area contributed by atoms with Gasteiger partial charge >= 0.3 is 0 Å². The van der Waals surface area contributed by atoms with E-state index in [1.807, 2.05) is 32.0 Å². The molecule has 0 aliphatic carbocycles. The molecule has 0 saturated heterocycles. The molecule has 1 atom stereocenters. The molecule has 0 fully saturated rings. The van der Waals surface area contributed by atoms with E-state index < -0.39 is 15.6 Å². The van der Waals surface area contributed by atoms with Gasteiger partial charge in [-0.15, -0.1) is 0 Å². The molecule has 0 heterocycles. The van der Waals surface area contributed by atoms with Crippen LogP contribution in [0.5, 0.6) is 0 Å². The number of benzene rings is 1. The quantitative estimate of drug-likeness (QED) is 0.823. The minimum absolute atomic E-state index is 0.0218. The molecule has 0 aliphatic rings. The number of rotatable bonds is 6. The SMILES string of the molecule is CC(C)CS(=O)(=O)NC[C@](C)(O)c1ccccc1. The van der Waals surface area contributed by atoms with Gasteiger partial charge in [-0.05, 0) is 18.4 Å². The van der Waals surface area contributed by atoms with Gasteiger partial charge < -0.3 is 5.11 Å². The second-order valence-corrected chi connectivity index (χ2v) is 6.99. The molecular weight excluding hydrogens is 250 g/mol. The van der Waals surface area contributed by atoms with Crippen molar-refractivity contribution in [2.45, 2.75) is 26.4 Å². The Morgan fingerprint density at radius 1 is 1.28 bits per heavy atom. The molecule has 5 heteroatoms. The lowest BCUT2D eigenvalue weighted by Crippen LogP contribution is -2.40. The lowest BCUT2D eigenvalue weighted by atomic mass is 9.97. The highest BCUT2D eigenvalue weighted by atomic mass is 32.2. The third-order valence-electron chi connectivity index (χ3n) is 2.58. The minimum atomic E-state index is -3.33. The van der Waals surface area contributed by atoms with Crippen LogP contribution in [0.4, 0.5) is 0 Å². The van der Waals surface area contributed by atoms with Crippen molar-refractivity contribution in [3.8, 4) is 0 Å². The highest BCUT2D eigenvalue weighted by Gasteiger charge is 2.25. The Kier molecular flexibility index (Phi) is 4.90. The average Bonchev–Trinajstić information content (AvgIpc) is 2.26. The first-order chi connectivity index (χ1) is 8.23. The Bertz CT molecular complexity index is 466. The lowest BCUT2D eigenvalue weighted by molar-refractivity contribution is 0.0627. The molecule has 0 bridgehead atoms. The van der Waals surface area contributed by atoms with E-state index in [0.717, 1.165) is 0 Å². The van der Waals surface area contributed by atoms with E-state index in [2.05, 4.69) is 4.72 Å². The van der Waals surface area contributed by atoms with Gasteiger partial charge in [0.25, 0.3) is 0 Å². The highest BCUT2D eigenvalue weighted by molar-refractivity contribution is 7.89. The number of aliphatic hydroxyl groups is 1. The molecule has 0 radical (unpaired) electrons. The Hall–Kier alpha value is -0.910. The van der Waals surface area contributed by atoms with E-state index >= 15 is 0 Å². The van der Waals surface area contributed by atoms with E-state index in [0.29, 0.717) is 5.56 Å². The zero-order valence-electron chi connectivity index (χ0n) is 11.1. The Morgan fingerprint density at radius 2 is 1.83 bits per heavy atom. The average molecular weight is 271 g/mol. The normalized spacial score (nSPS) is 15.6. The maximum absolute atomic E-state index is 11.7. The molecule has 18 heavy (non-hydrogen) atoms. The van der Waals surface area contributed by atoms with Crippen molar-refractivity contribution in [2.75, 3.05) is 12.3 Å². The summed E-state index contributed by atoms with van der Waals surface area (Å²) >= 11 is 0. The van der Waals surface area contributed by atoms with Crippen LogP contribution in [0.1, 0.15) is 26.3 Å². The molecule has 0 unspecified atom stereocenters. The van der Waals surface area contributed by atoms with Crippen LogP contribution in [-0.4, -0.2) is 25.8 Å². The first kappa shape index (κ1) is 15.1. The second-order valence-electron chi connectivity index (χ2n) is 5.14. The fraction of sp³-hybridized carbons (Fsp3) is 0.538. The van der Waals surface area contributed by atoms with Crippen molar-refractivity contribution >= 4 is 10.0 Å². The maximum atomic E-state index is 11.7. The molecular formula is C13H21NO3S. The van der Waals surface area contributed by atoms with Gasteiger partial charge in [-0.3, -0.25) is 0 Å². The van der Waals surface area contributed by atoms with Crippen LogP contribution in [0.3, 0.4) is 0 Å².